The first kappa shape index (κ1) is 14.6. The summed E-state index contributed by atoms with van der Waals surface area (Å²) < 4.78 is 8.55. The number of hydrogen-bond acceptors (Lipinski definition) is 3. The maximum Gasteiger partial charge on any atom is 0.228 e. The van der Waals surface area contributed by atoms with Crippen molar-refractivity contribution in [1.82, 2.24) is 4.57 Å². The highest BCUT2D eigenvalue weighted by Gasteiger charge is 2.20. The minimum Gasteiger partial charge on any atom is -0.496 e. The summed E-state index contributed by atoms with van der Waals surface area (Å²) in [6.45, 7) is 2.05. The van der Waals surface area contributed by atoms with Crippen molar-refractivity contribution in [2.24, 2.45) is 5.73 Å². The number of fused-ring (bicyclic) bond motifs is 1. The highest BCUT2D eigenvalue weighted by atomic mass is 79.9. The van der Waals surface area contributed by atoms with Crippen LogP contribution < -0.4 is 10.5 Å². The molecule has 1 aromatic carbocycles. The van der Waals surface area contributed by atoms with Crippen LogP contribution in [-0.2, 0) is 6.42 Å². The largest absolute Gasteiger partial charge is 0.496 e. The molecule has 0 aliphatic rings. The maximum atomic E-state index is 11.8. The van der Waals surface area contributed by atoms with Gasteiger partial charge in [0.2, 0.25) is 5.91 Å². The van der Waals surface area contributed by atoms with E-state index in [1.807, 2.05) is 12.1 Å². The van der Waals surface area contributed by atoms with Gasteiger partial charge in [0.25, 0.3) is 0 Å². The normalized spacial score (nSPS) is 11.0. The molecule has 2 rings (SSSR count). The third-order valence-electron chi connectivity index (χ3n) is 3.00. The van der Waals surface area contributed by atoms with Gasteiger partial charge in [-0.15, -0.1) is 0 Å². The fraction of sp³-hybridized carbons (Fsp3) is 0.308. The number of aromatic nitrogens is 1. The van der Waals surface area contributed by atoms with Gasteiger partial charge in [-0.2, -0.15) is 0 Å². The molecular formula is C13H14Br2N2O2. The van der Waals surface area contributed by atoms with E-state index in [0.717, 1.165) is 31.3 Å². The van der Waals surface area contributed by atoms with Crippen LogP contribution >= 0.6 is 31.9 Å². The topological polar surface area (TPSA) is 57.2 Å². The minimum atomic E-state index is -0.0442. The van der Waals surface area contributed by atoms with E-state index in [1.165, 1.54) is 6.92 Å². The summed E-state index contributed by atoms with van der Waals surface area (Å²) in [5, 5.41) is 0.965. The Morgan fingerprint density at radius 2 is 2.11 bits per heavy atom. The second-order valence-corrected chi connectivity index (χ2v) is 5.68. The molecule has 0 spiro atoms. The third-order valence-corrected chi connectivity index (χ3v) is 4.62. The number of ether oxygens (including phenoxy) is 1. The van der Waals surface area contributed by atoms with Crippen LogP contribution in [0, 0.1) is 0 Å². The number of rotatable bonds is 3. The first-order chi connectivity index (χ1) is 9.02. The van der Waals surface area contributed by atoms with Gasteiger partial charge in [-0.05, 0) is 62.5 Å². The number of benzene rings is 1. The van der Waals surface area contributed by atoms with Crippen LogP contribution in [-0.4, -0.2) is 24.1 Å². The van der Waals surface area contributed by atoms with E-state index in [2.05, 4.69) is 31.9 Å². The van der Waals surface area contributed by atoms with Crippen LogP contribution in [0.5, 0.6) is 5.75 Å². The average Bonchev–Trinajstić information content (AvgIpc) is 2.64. The Balaban J connectivity index is 2.90. The molecular weight excluding hydrogens is 376 g/mol. The lowest BCUT2D eigenvalue weighted by atomic mass is 10.1. The van der Waals surface area contributed by atoms with Gasteiger partial charge in [-0.1, -0.05) is 0 Å². The lowest BCUT2D eigenvalue weighted by molar-refractivity contribution is 0.0939. The molecule has 0 saturated heterocycles. The highest BCUT2D eigenvalue weighted by Crippen LogP contribution is 2.40. The lowest BCUT2D eigenvalue weighted by Gasteiger charge is -2.06. The van der Waals surface area contributed by atoms with E-state index in [0.29, 0.717) is 13.0 Å². The molecule has 6 heteroatoms. The van der Waals surface area contributed by atoms with E-state index in [4.69, 9.17) is 10.5 Å². The fourth-order valence-corrected chi connectivity index (χ4v) is 3.78. The number of nitrogens with two attached hydrogens (primary N) is 1. The van der Waals surface area contributed by atoms with E-state index in [9.17, 15) is 4.79 Å². The second kappa shape index (κ2) is 5.64. The predicted molar refractivity (Wildman–Crippen MR) is 82.9 cm³/mol. The van der Waals surface area contributed by atoms with E-state index < -0.39 is 0 Å². The maximum absolute atomic E-state index is 11.8. The molecule has 2 aromatic rings. The quantitative estimate of drug-likeness (QED) is 0.875. The average molecular weight is 390 g/mol. The molecule has 0 radical (unpaired) electrons. The van der Waals surface area contributed by atoms with E-state index in [-0.39, 0.29) is 5.91 Å². The predicted octanol–water partition coefficient (Wildman–Crippen LogP) is 3.34. The van der Waals surface area contributed by atoms with Crippen molar-refractivity contribution < 1.29 is 9.53 Å². The number of nitrogens with zero attached hydrogens (tertiary/aromatic N) is 1. The van der Waals surface area contributed by atoms with Crippen molar-refractivity contribution in [3.63, 3.8) is 0 Å². The molecule has 0 bridgehead atoms. The van der Waals surface area contributed by atoms with Crippen LogP contribution in [0.2, 0.25) is 0 Å². The van der Waals surface area contributed by atoms with E-state index in [1.54, 1.807) is 11.7 Å². The Morgan fingerprint density at radius 3 is 2.63 bits per heavy atom. The van der Waals surface area contributed by atoms with Gasteiger partial charge >= 0.3 is 0 Å². The highest BCUT2D eigenvalue weighted by molar-refractivity contribution is 9.11. The SMILES string of the molecule is COc1ccc2c(c1Br)c(CCN)c(Br)n2C(C)=O. The van der Waals surface area contributed by atoms with Gasteiger partial charge in [0.15, 0.2) is 0 Å². The van der Waals surface area contributed by atoms with Crippen LogP contribution in [0.15, 0.2) is 21.2 Å². The summed E-state index contributed by atoms with van der Waals surface area (Å²) in [7, 11) is 1.62. The van der Waals surface area contributed by atoms with Crippen molar-refractivity contribution in [3.8, 4) is 5.75 Å². The molecule has 2 N–H and O–H groups in total. The number of hydrogen-bond donors (Lipinski definition) is 1. The van der Waals surface area contributed by atoms with Crippen molar-refractivity contribution in [3.05, 3.63) is 26.8 Å². The van der Waals surface area contributed by atoms with Gasteiger partial charge < -0.3 is 10.5 Å². The summed E-state index contributed by atoms with van der Waals surface area (Å²) in [4.78, 5) is 11.8. The number of carbonyl (C=O) groups excluding carboxylic acids is 1. The first-order valence-electron chi connectivity index (χ1n) is 5.79. The minimum absolute atomic E-state index is 0.0442. The van der Waals surface area contributed by atoms with Crippen LogP contribution in [0.1, 0.15) is 17.3 Å². The van der Waals surface area contributed by atoms with Crippen LogP contribution in [0.3, 0.4) is 0 Å². The molecule has 1 heterocycles. The number of methoxy groups -OCH3 is 1. The second-order valence-electron chi connectivity index (χ2n) is 4.14. The summed E-state index contributed by atoms with van der Waals surface area (Å²) in [6, 6.07) is 3.72. The Kier molecular flexibility index (Phi) is 4.32. The molecule has 0 amide bonds. The van der Waals surface area contributed by atoms with Crippen LogP contribution in [0.25, 0.3) is 10.9 Å². The van der Waals surface area contributed by atoms with Gasteiger partial charge in [0.1, 0.15) is 5.75 Å². The first-order valence-corrected chi connectivity index (χ1v) is 7.37. The van der Waals surface area contributed by atoms with E-state index >= 15 is 0 Å². The Bertz CT molecular complexity index is 650. The zero-order valence-corrected chi connectivity index (χ0v) is 13.8. The Hall–Kier alpha value is -0.850. The van der Waals surface area contributed by atoms with Crippen molar-refractivity contribution in [1.29, 1.82) is 0 Å². The molecule has 4 nitrogen and oxygen atoms in total. The summed E-state index contributed by atoms with van der Waals surface area (Å²) >= 11 is 7.05. The molecule has 0 unspecified atom stereocenters. The third kappa shape index (κ3) is 2.32. The molecule has 0 aliphatic heterocycles. The Morgan fingerprint density at radius 1 is 1.42 bits per heavy atom. The van der Waals surface area contributed by atoms with Crippen molar-refractivity contribution >= 4 is 48.7 Å². The van der Waals surface area contributed by atoms with Crippen molar-refractivity contribution in [2.45, 2.75) is 13.3 Å². The molecule has 0 saturated carbocycles. The van der Waals surface area contributed by atoms with Crippen LogP contribution in [0.4, 0.5) is 0 Å². The molecule has 102 valence electrons. The van der Waals surface area contributed by atoms with Gasteiger partial charge in [0.05, 0.1) is 21.7 Å². The standard InChI is InChI=1S/C13H14Br2N2O2/c1-7(18)17-9-3-4-10(19-2)12(14)11(9)8(5-6-16)13(17)15/h3-4H,5-6,16H2,1-2H3. The summed E-state index contributed by atoms with van der Waals surface area (Å²) in [6.07, 6.45) is 0.684. The smallest absolute Gasteiger partial charge is 0.228 e. The Labute approximate surface area is 128 Å². The zero-order chi connectivity index (χ0) is 14.2. The molecule has 0 atom stereocenters. The monoisotopic (exact) mass is 388 g/mol. The number of halogens is 2. The zero-order valence-electron chi connectivity index (χ0n) is 10.7. The van der Waals surface area contributed by atoms with Gasteiger partial charge in [-0.25, -0.2) is 0 Å². The number of carbonyl (C=O) groups is 1. The summed E-state index contributed by atoms with van der Waals surface area (Å²) in [5.74, 6) is 0.691. The van der Waals surface area contributed by atoms with Crippen molar-refractivity contribution in [2.75, 3.05) is 13.7 Å². The molecule has 0 aliphatic carbocycles. The molecule has 1 aromatic heterocycles. The molecule has 0 fully saturated rings. The molecule has 19 heavy (non-hydrogen) atoms. The fourth-order valence-electron chi connectivity index (χ4n) is 2.20. The summed E-state index contributed by atoms with van der Waals surface area (Å²) in [5.41, 5.74) is 7.52. The lowest BCUT2D eigenvalue weighted by Crippen LogP contribution is -2.07. The van der Waals surface area contributed by atoms with Gasteiger partial charge in [0, 0.05) is 12.3 Å². The van der Waals surface area contributed by atoms with Gasteiger partial charge in [-0.3, -0.25) is 9.36 Å².